The van der Waals surface area contributed by atoms with E-state index in [1.807, 2.05) is 12.1 Å². The number of amidine groups is 1. The largest absolute Gasteiger partial charge is 0.370 e. The van der Waals surface area contributed by atoms with Crippen molar-refractivity contribution in [1.29, 1.82) is 5.41 Å². The van der Waals surface area contributed by atoms with Crippen LogP contribution in [0.15, 0.2) is 24.3 Å². The highest BCUT2D eigenvalue weighted by Crippen LogP contribution is 2.03. The molecule has 0 atom stereocenters. The highest BCUT2D eigenvalue weighted by atomic mass is 14.9. The van der Waals surface area contributed by atoms with Crippen molar-refractivity contribution in [3.8, 4) is 0 Å². The van der Waals surface area contributed by atoms with Gasteiger partial charge in [-0.25, -0.2) is 0 Å². The molecule has 1 rings (SSSR count). The lowest BCUT2D eigenvalue weighted by molar-refractivity contribution is 0.789. The summed E-state index contributed by atoms with van der Waals surface area (Å²) in [7, 11) is 0. The first-order chi connectivity index (χ1) is 7.76. The number of hydrogen-bond donors (Lipinski definition) is 3. The first-order valence-corrected chi connectivity index (χ1v) is 5.85. The summed E-state index contributed by atoms with van der Waals surface area (Å²) in [5.74, 6) is 0.629. The molecule has 0 saturated heterocycles. The second-order valence-electron chi connectivity index (χ2n) is 3.96. The molecular formula is C13H21N3. The maximum absolute atomic E-state index is 7.69. The third-order valence-corrected chi connectivity index (χ3v) is 2.54. The summed E-state index contributed by atoms with van der Waals surface area (Å²) in [6, 6.07) is 8.18. The van der Waals surface area contributed by atoms with Gasteiger partial charge in [0.1, 0.15) is 0 Å². The molecule has 88 valence electrons. The van der Waals surface area contributed by atoms with Crippen LogP contribution in [0.1, 0.15) is 37.3 Å². The van der Waals surface area contributed by atoms with Crippen LogP contribution in [0.25, 0.3) is 0 Å². The zero-order valence-corrected chi connectivity index (χ0v) is 9.92. The third-order valence-electron chi connectivity index (χ3n) is 2.54. The number of nitrogens with one attached hydrogen (secondary N) is 2. The molecule has 3 nitrogen and oxygen atoms in total. The first-order valence-electron chi connectivity index (χ1n) is 5.85. The van der Waals surface area contributed by atoms with Crippen LogP contribution in [-0.4, -0.2) is 5.84 Å². The van der Waals surface area contributed by atoms with E-state index >= 15 is 0 Å². The monoisotopic (exact) mass is 219 g/mol. The molecule has 0 amide bonds. The maximum atomic E-state index is 7.69. The van der Waals surface area contributed by atoms with Crippen LogP contribution >= 0.6 is 0 Å². The Hall–Kier alpha value is -1.35. The van der Waals surface area contributed by atoms with E-state index in [1.54, 1.807) is 0 Å². The Balaban J connectivity index is 2.33. The Morgan fingerprint density at radius 1 is 1.25 bits per heavy atom. The van der Waals surface area contributed by atoms with Crippen molar-refractivity contribution in [3.05, 3.63) is 35.4 Å². The van der Waals surface area contributed by atoms with E-state index < -0.39 is 0 Å². The van der Waals surface area contributed by atoms with Crippen LogP contribution < -0.4 is 11.1 Å². The van der Waals surface area contributed by atoms with Crippen molar-refractivity contribution in [1.82, 2.24) is 5.32 Å². The van der Waals surface area contributed by atoms with Crippen LogP contribution in [0.5, 0.6) is 0 Å². The van der Waals surface area contributed by atoms with Gasteiger partial charge in [-0.2, -0.15) is 0 Å². The number of nitrogens with two attached hydrogens (primary N) is 1. The van der Waals surface area contributed by atoms with Crippen LogP contribution in [0.2, 0.25) is 0 Å². The molecule has 0 radical (unpaired) electrons. The van der Waals surface area contributed by atoms with Crippen molar-refractivity contribution in [2.45, 2.75) is 39.3 Å². The first kappa shape index (κ1) is 12.7. The minimum Gasteiger partial charge on any atom is -0.370 e. The molecule has 1 aromatic rings. The number of rotatable bonds is 6. The Labute approximate surface area is 97.6 Å². The average molecular weight is 219 g/mol. The van der Waals surface area contributed by atoms with Gasteiger partial charge in [0.15, 0.2) is 0 Å². The van der Waals surface area contributed by atoms with Gasteiger partial charge < -0.3 is 11.1 Å². The highest BCUT2D eigenvalue weighted by Gasteiger charge is 1.97. The molecule has 16 heavy (non-hydrogen) atoms. The van der Waals surface area contributed by atoms with Crippen molar-refractivity contribution >= 4 is 5.84 Å². The summed E-state index contributed by atoms with van der Waals surface area (Å²) in [5.41, 5.74) is 7.86. The number of hydrogen-bond acceptors (Lipinski definition) is 2. The van der Waals surface area contributed by atoms with E-state index in [4.69, 9.17) is 11.1 Å². The van der Waals surface area contributed by atoms with Crippen LogP contribution in [0.3, 0.4) is 0 Å². The zero-order chi connectivity index (χ0) is 11.8. The molecule has 0 fully saturated rings. The van der Waals surface area contributed by atoms with Crippen molar-refractivity contribution in [2.24, 2.45) is 5.73 Å². The average Bonchev–Trinajstić information content (AvgIpc) is 2.34. The molecule has 0 heterocycles. The highest BCUT2D eigenvalue weighted by molar-refractivity contribution is 5.78. The van der Waals surface area contributed by atoms with Crippen LogP contribution in [0.4, 0.5) is 0 Å². The summed E-state index contributed by atoms with van der Waals surface area (Å²) in [5, 5.41) is 10.8. The van der Waals surface area contributed by atoms with Gasteiger partial charge in [0.05, 0.1) is 5.84 Å². The van der Waals surface area contributed by atoms with E-state index in [1.165, 1.54) is 5.56 Å². The van der Waals surface area contributed by atoms with Gasteiger partial charge in [0.2, 0.25) is 0 Å². The van der Waals surface area contributed by atoms with E-state index in [9.17, 15) is 0 Å². The molecule has 0 bridgehead atoms. The minimum absolute atomic E-state index is 0.583. The van der Waals surface area contributed by atoms with Crippen LogP contribution in [-0.2, 0) is 13.1 Å². The van der Waals surface area contributed by atoms with Crippen LogP contribution in [0, 0.1) is 5.41 Å². The lowest BCUT2D eigenvalue weighted by Gasteiger charge is -2.07. The minimum atomic E-state index is 0.583. The summed E-state index contributed by atoms with van der Waals surface area (Å²) in [6.07, 6.45) is 3.06. The molecule has 0 aromatic heterocycles. The van der Waals surface area contributed by atoms with E-state index in [0.29, 0.717) is 12.4 Å². The predicted octanol–water partition coefficient (Wildman–Crippen LogP) is 2.40. The Morgan fingerprint density at radius 2 is 1.88 bits per heavy atom. The lowest BCUT2D eigenvalue weighted by atomic mass is 10.1. The molecule has 0 saturated carbocycles. The Bertz CT molecular complexity index is 316. The fourth-order valence-electron chi connectivity index (χ4n) is 1.44. The molecule has 0 spiro atoms. The normalized spacial score (nSPS) is 10.1. The van der Waals surface area contributed by atoms with Gasteiger partial charge in [-0.05, 0) is 17.5 Å². The van der Waals surface area contributed by atoms with E-state index in [2.05, 4.69) is 24.4 Å². The van der Waals surface area contributed by atoms with Gasteiger partial charge >= 0.3 is 0 Å². The summed E-state index contributed by atoms with van der Waals surface area (Å²) >= 11 is 0. The lowest BCUT2D eigenvalue weighted by Crippen LogP contribution is -2.21. The SMILES string of the molecule is CCCCC(=N)NCc1ccc(CN)cc1. The van der Waals surface area contributed by atoms with Gasteiger partial charge in [0.25, 0.3) is 0 Å². The second kappa shape index (κ2) is 7.01. The van der Waals surface area contributed by atoms with Crippen molar-refractivity contribution in [2.75, 3.05) is 0 Å². The summed E-state index contributed by atoms with van der Waals surface area (Å²) in [6.45, 7) is 3.45. The summed E-state index contributed by atoms with van der Waals surface area (Å²) < 4.78 is 0. The molecule has 0 aliphatic rings. The Morgan fingerprint density at radius 3 is 2.44 bits per heavy atom. The van der Waals surface area contributed by atoms with E-state index in [0.717, 1.165) is 31.4 Å². The Kier molecular flexibility index (Phi) is 5.57. The zero-order valence-electron chi connectivity index (χ0n) is 9.92. The number of benzene rings is 1. The second-order valence-corrected chi connectivity index (χ2v) is 3.96. The van der Waals surface area contributed by atoms with Crippen molar-refractivity contribution in [3.63, 3.8) is 0 Å². The van der Waals surface area contributed by atoms with E-state index in [-0.39, 0.29) is 0 Å². The third kappa shape index (κ3) is 4.45. The molecular weight excluding hydrogens is 198 g/mol. The number of unbranched alkanes of at least 4 members (excludes halogenated alkanes) is 1. The van der Waals surface area contributed by atoms with Crippen molar-refractivity contribution < 1.29 is 0 Å². The molecule has 0 aliphatic carbocycles. The summed E-state index contributed by atoms with van der Waals surface area (Å²) in [4.78, 5) is 0. The molecule has 0 aliphatic heterocycles. The predicted molar refractivity (Wildman–Crippen MR) is 68.4 cm³/mol. The van der Waals surface area contributed by atoms with Gasteiger partial charge in [0, 0.05) is 19.5 Å². The fourth-order valence-corrected chi connectivity index (χ4v) is 1.44. The molecule has 3 heteroatoms. The smallest absolute Gasteiger partial charge is 0.0934 e. The molecule has 0 unspecified atom stereocenters. The fraction of sp³-hybridized carbons (Fsp3) is 0.462. The molecule has 4 N–H and O–H groups in total. The van der Waals surface area contributed by atoms with Gasteiger partial charge in [-0.1, -0.05) is 37.6 Å². The topological polar surface area (TPSA) is 61.9 Å². The quantitative estimate of drug-likeness (QED) is 0.508. The van der Waals surface area contributed by atoms with Gasteiger partial charge in [-0.3, -0.25) is 5.41 Å². The van der Waals surface area contributed by atoms with Gasteiger partial charge in [-0.15, -0.1) is 0 Å². The molecule has 1 aromatic carbocycles. The maximum Gasteiger partial charge on any atom is 0.0934 e. The standard InChI is InChI=1S/C13H21N3/c1-2-3-4-13(15)16-10-12-7-5-11(9-14)6-8-12/h5-8H,2-4,9-10,14H2,1H3,(H2,15,16).